The lowest BCUT2D eigenvalue weighted by atomic mass is 10.2. The molecule has 0 heterocycles. The van der Waals surface area contributed by atoms with Gasteiger partial charge in [0.15, 0.2) is 5.76 Å². The summed E-state index contributed by atoms with van der Waals surface area (Å²) in [6.07, 6.45) is 3.51. The second kappa shape index (κ2) is 8.03. The molecule has 0 aliphatic heterocycles. The van der Waals surface area contributed by atoms with Gasteiger partial charge in [0.1, 0.15) is 5.75 Å². The Kier molecular flexibility index (Phi) is 6.65. The number of hydrogen-bond acceptors (Lipinski definition) is 3. The average Bonchev–Trinajstić information content (AvgIpc) is 2.49. The lowest BCUT2D eigenvalue weighted by Gasteiger charge is -2.36. The highest BCUT2D eigenvalue weighted by Gasteiger charge is 2.39. The van der Waals surface area contributed by atoms with Gasteiger partial charge in [-0.25, -0.2) is 4.99 Å². The predicted molar refractivity (Wildman–Crippen MR) is 101 cm³/mol. The first-order valence-corrected chi connectivity index (χ1v) is 10.6. The fourth-order valence-electron chi connectivity index (χ4n) is 1.46. The van der Waals surface area contributed by atoms with Gasteiger partial charge in [-0.15, -0.1) is 0 Å². The topological polar surface area (TPSA) is 30.8 Å². The van der Waals surface area contributed by atoms with Crippen LogP contribution >= 0.6 is 0 Å². The van der Waals surface area contributed by atoms with Gasteiger partial charge in [0.2, 0.25) is 0 Å². The highest BCUT2D eigenvalue weighted by atomic mass is 28.4. The van der Waals surface area contributed by atoms with Gasteiger partial charge in [0.05, 0.1) is 19.0 Å². The van der Waals surface area contributed by atoms with E-state index in [1.807, 2.05) is 37.3 Å². The van der Waals surface area contributed by atoms with E-state index in [1.165, 1.54) is 0 Å². The summed E-state index contributed by atoms with van der Waals surface area (Å²) in [5, 5.41) is 0.153. The molecule has 0 unspecified atom stereocenters. The summed E-state index contributed by atoms with van der Waals surface area (Å²) in [7, 11) is -0.209. The number of allylic oxidation sites excluding steroid dienone is 2. The summed E-state index contributed by atoms with van der Waals surface area (Å²) in [6, 6.07) is 7.52. The zero-order valence-electron chi connectivity index (χ0n) is 15.2. The Labute approximate surface area is 141 Å². The van der Waals surface area contributed by atoms with Crippen LogP contribution in [-0.2, 0) is 4.43 Å². The molecule has 0 saturated heterocycles. The summed E-state index contributed by atoms with van der Waals surface area (Å²) < 4.78 is 11.3. The standard InChI is InChI=1S/C19H27NO2Si/c1-8-17(22-23(6,7)19(2,3)4)10-9-15-20-16-11-13-18(21-5)14-12-16/h8,11-15H,1-7H3/b17-8+,20-15?. The molecule has 0 atom stereocenters. The smallest absolute Gasteiger partial charge is 0.251 e. The van der Waals surface area contributed by atoms with E-state index in [0.717, 1.165) is 17.2 Å². The summed E-state index contributed by atoms with van der Waals surface area (Å²) in [4.78, 5) is 4.31. The number of nitrogens with zero attached hydrogens (tertiary/aromatic N) is 1. The third-order valence-electron chi connectivity index (χ3n) is 3.98. The van der Waals surface area contributed by atoms with Crippen molar-refractivity contribution >= 4 is 20.2 Å². The van der Waals surface area contributed by atoms with Gasteiger partial charge < -0.3 is 9.16 Å². The zero-order chi connectivity index (χ0) is 17.5. The minimum absolute atomic E-state index is 0.153. The van der Waals surface area contributed by atoms with Crippen molar-refractivity contribution in [2.75, 3.05) is 7.11 Å². The number of rotatable bonds is 4. The fraction of sp³-hybridized carbons (Fsp3) is 0.421. The molecule has 0 bridgehead atoms. The van der Waals surface area contributed by atoms with Gasteiger partial charge >= 0.3 is 0 Å². The molecule has 0 N–H and O–H groups in total. The van der Waals surface area contributed by atoms with Crippen LogP contribution in [0.2, 0.25) is 18.1 Å². The van der Waals surface area contributed by atoms with E-state index in [1.54, 1.807) is 13.3 Å². The van der Waals surface area contributed by atoms with Crippen molar-refractivity contribution in [2.24, 2.45) is 4.99 Å². The monoisotopic (exact) mass is 329 g/mol. The van der Waals surface area contributed by atoms with Crippen molar-refractivity contribution in [1.29, 1.82) is 0 Å². The highest BCUT2D eigenvalue weighted by Crippen LogP contribution is 2.37. The van der Waals surface area contributed by atoms with Crippen LogP contribution in [0.15, 0.2) is 41.1 Å². The molecular weight excluding hydrogens is 302 g/mol. The van der Waals surface area contributed by atoms with Gasteiger partial charge in [-0.3, -0.25) is 0 Å². The lowest BCUT2D eigenvalue weighted by Crippen LogP contribution is -2.40. The molecule has 0 fully saturated rings. The Bertz CT molecular complexity index is 626. The second-order valence-corrected chi connectivity index (χ2v) is 11.5. The molecule has 1 aromatic rings. The van der Waals surface area contributed by atoms with E-state index in [4.69, 9.17) is 9.16 Å². The molecule has 0 spiro atoms. The van der Waals surface area contributed by atoms with Gasteiger partial charge in [0, 0.05) is 0 Å². The van der Waals surface area contributed by atoms with Gasteiger partial charge in [-0.1, -0.05) is 20.8 Å². The summed E-state index contributed by atoms with van der Waals surface area (Å²) >= 11 is 0. The van der Waals surface area contributed by atoms with Crippen LogP contribution in [0.25, 0.3) is 0 Å². The molecule has 1 rings (SSSR count). The Morgan fingerprint density at radius 2 is 1.78 bits per heavy atom. The zero-order valence-corrected chi connectivity index (χ0v) is 16.2. The number of aliphatic imine (C=N–C) groups is 1. The Morgan fingerprint density at radius 3 is 2.26 bits per heavy atom. The van der Waals surface area contributed by atoms with Gasteiger partial charge in [0.25, 0.3) is 8.32 Å². The Balaban J connectivity index is 2.74. The molecule has 124 valence electrons. The van der Waals surface area contributed by atoms with E-state index < -0.39 is 8.32 Å². The Morgan fingerprint density at radius 1 is 1.17 bits per heavy atom. The predicted octanol–water partition coefficient (Wildman–Crippen LogP) is 5.33. The van der Waals surface area contributed by atoms with Crippen molar-refractivity contribution < 1.29 is 9.16 Å². The molecule has 23 heavy (non-hydrogen) atoms. The van der Waals surface area contributed by atoms with Crippen molar-refractivity contribution in [1.82, 2.24) is 0 Å². The minimum atomic E-state index is -1.85. The molecule has 1 aromatic carbocycles. The fourth-order valence-corrected chi connectivity index (χ4v) is 2.49. The van der Waals surface area contributed by atoms with Crippen molar-refractivity contribution in [3.63, 3.8) is 0 Å². The average molecular weight is 330 g/mol. The van der Waals surface area contributed by atoms with E-state index in [-0.39, 0.29) is 5.04 Å². The van der Waals surface area contributed by atoms with Crippen LogP contribution in [0.4, 0.5) is 5.69 Å². The van der Waals surface area contributed by atoms with Crippen molar-refractivity contribution in [2.45, 2.75) is 45.8 Å². The maximum atomic E-state index is 6.18. The SMILES string of the molecule is C/C=C(\C#CC=Nc1ccc(OC)cc1)O[Si](C)(C)C(C)(C)C. The number of benzene rings is 1. The molecule has 4 heteroatoms. The summed E-state index contributed by atoms with van der Waals surface area (Å²) in [6.45, 7) is 13.0. The highest BCUT2D eigenvalue weighted by molar-refractivity contribution is 6.74. The quantitative estimate of drug-likeness (QED) is 0.324. The third-order valence-corrected chi connectivity index (χ3v) is 8.32. The van der Waals surface area contributed by atoms with E-state index in [0.29, 0.717) is 0 Å². The molecule has 0 amide bonds. The lowest BCUT2D eigenvalue weighted by molar-refractivity contribution is 0.403. The van der Waals surface area contributed by atoms with Gasteiger partial charge in [-0.05, 0) is 67.2 Å². The molecule has 3 nitrogen and oxygen atoms in total. The normalized spacial score (nSPS) is 12.7. The van der Waals surface area contributed by atoms with E-state index in [2.05, 4.69) is 50.7 Å². The van der Waals surface area contributed by atoms with Crippen LogP contribution in [0.3, 0.4) is 0 Å². The van der Waals surface area contributed by atoms with E-state index in [9.17, 15) is 0 Å². The molecule has 0 aliphatic rings. The van der Waals surface area contributed by atoms with Crippen LogP contribution in [-0.4, -0.2) is 21.6 Å². The Hall–Kier alpha value is -1.99. The minimum Gasteiger partial charge on any atom is -0.538 e. The molecule has 0 aromatic heterocycles. The van der Waals surface area contributed by atoms with Crippen molar-refractivity contribution in [3.05, 3.63) is 36.1 Å². The maximum absolute atomic E-state index is 6.18. The molecule has 0 saturated carbocycles. The molecule has 0 aliphatic carbocycles. The second-order valence-electron chi connectivity index (χ2n) is 6.74. The molecular formula is C19H27NO2Si. The van der Waals surface area contributed by atoms with Crippen molar-refractivity contribution in [3.8, 4) is 17.6 Å². The van der Waals surface area contributed by atoms with Crippen LogP contribution in [0.1, 0.15) is 27.7 Å². The maximum Gasteiger partial charge on any atom is 0.251 e. The van der Waals surface area contributed by atoms with Crippen LogP contribution < -0.4 is 4.74 Å². The molecule has 0 radical (unpaired) electrons. The first kappa shape index (κ1) is 19.1. The third kappa shape index (κ3) is 5.95. The number of ether oxygens (including phenoxy) is 1. The van der Waals surface area contributed by atoms with Crippen LogP contribution in [0.5, 0.6) is 5.75 Å². The van der Waals surface area contributed by atoms with Gasteiger partial charge in [-0.2, -0.15) is 0 Å². The number of hydrogen-bond donors (Lipinski definition) is 0. The summed E-state index contributed by atoms with van der Waals surface area (Å²) in [5.74, 6) is 7.52. The first-order valence-electron chi connectivity index (χ1n) is 7.73. The summed E-state index contributed by atoms with van der Waals surface area (Å²) in [5.41, 5.74) is 0.840. The largest absolute Gasteiger partial charge is 0.538 e. The first-order chi connectivity index (χ1) is 10.7. The number of methoxy groups -OCH3 is 1. The van der Waals surface area contributed by atoms with Crippen LogP contribution in [0, 0.1) is 11.8 Å². The van der Waals surface area contributed by atoms with E-state index >= 15 is 0 Å².